The monoisotopic (exact) mass is 330 g/mol. The Morgan fingerprint density at radius 2 is 2.57 bits per heavy atom. The van der Waals surface area contributed by atoms with Crippen LogP contribution in [0.2, 0.25) is 0 Å². The molecule has 0 radical (unpaired) electrons. The molecular weight excluding hydrogens is 312 g/mol. The van der Waals surface area contributed by atoms with Gasteiger partial charge in [-0.15, -0.1) is 0 Å². The van der Waals surface area contributed by atoms with Gasteiger partial charge in [0.25, 0.3) is 0 Å². The summed E-state index contributed by atoms with van der Waals surface area (Å²) in [5.74, 6) is 0.543. The van der Waals surface area contributed by atoms with Crippen molar-refractivity contribution in [1.82, 2.24) is 15.6 Å². The van der Waals surface area contributed by atoms with Crippen molar-refractivity contribution in [1.29, 1.82) is 5.26 Å². The fourth-order valence-electron chi connectivity index (χ4n) is 1.91. The average molecular weight is 330 g/mol. The van der Waals surface area contributed by atoms with E-state index in [1.54, 1.807) is 6.21 Å². The molecule has 1 aromatic rings. The molecule has 23 heavy (non-hydrogen) atoms. The molecular formula is C15H18N6OS. The van der Waals surface area contributed by atoms with E-state index in [4.69, 9.17) is 5.26 Å². The minimum atomic E-state index is 0.0924. The van der Waals surface area contributed by atoms with Gasteiger partial charge in [-0.1, -0.05) is 23.5 Å². The summed E-state index contributed by atoms with van der Waals surface area (Å²) in [6.45, 7) is 7.15. The smallest absolute Gasteiger partial charge is 0.221 e. The minimum absolute atomic E-state index is 0.0924. The van der Waals surface area contributed by atoms with Gasteiger partial charge >= 0.3 is 0 Å². The predicted octanol–water partition coefficient (Wildman–Crippen LogP) is 1.39. The Labute approximate surface area is 138 Å². The highest BCUT2D eigenvalue weighted by Gasteiger charge is 2.20. The van der Waals surface area contributed by atoms with Gasteiger partial charge in [-0.3, -0.25) is 4.79 Å². The van der Waals surface area contributed by atoms with Gasteiger partial charge < -0.3 is 16.0 Å². The number of thiazole rings is 1. The van der Waals surface area contributed by atoms with Crippen molar-refractivity contribution in [2.75, 3.05) is 18.4 Å². The summed E-state index contributed by atoms with van der Waals surface area (Å²) in [5.41, 5.74) is 1.10. The fraction of sp³-hybridized carbons (Fsp3) is 0.333. The molecule has 1 aliphatic rings. The Hall–Kier alpha value is -2.50. The van der Waals surface area contributed by atoms with E-state index in [-0.39, 0.29) is 11.9 Å². The van der Waals surface area contributed by atoms with Crippen LogP contribution in [0, 0.1) is 11.3 Å². The van der Waals surface area contributed by atoms with Gasteiger partial charge in [0.05, 0.1) is 6.20 Å². The number of nitrogens with one attached hydrogen (secondary N) is 3. The number of aromatic nitrogens is 1. The van der Waals surface area contributed by atoms with Crippen molar-refractivity contribution in [2.45, 2.75) is 19.4 Å². The van der Waals surface area contributed by atoms with Crippen molar-refractivity contribution in [3.8, 4) is 6.07 Å². The summed E-state index contributed by atoms with van der Waals surface area (Å²) in [4.78, 5) is 19.8. The first-order valence-corrected chi connectivity index (χ1v) is 7.90. The lowest BCUT2D eigenvalue weighted by atomic mass is 10.2. The summed E-state index contributed by atoms with van der Waals surface area (Å²) in [6, 6.07) is 2.22. The van der Waals surface area contributed by atoms with E-state index in [2.05, 4.69) is 32.5 Å². The van der Waals surface area contributed by atoms with Crippen LogP contribution in [0.1, 0.15) is 18.2 Å². The summed E-state index contributed by atoms with van der Waals surface area (Å²) >= 11 is 1.25. The molecule has 0 spiro atoms. The van der Waals surface area contributed by atoms with Gasteiger partial charge in [0.1, 0.15) is 16.8 Å². The Morgan fingerprint density at radius 1 is 1.74 bits per heavy atom. The van der Waals surface area contributed by atoms with Gasteiger partial charge in [0, 0.05) is 31.8 Å². The van der Waals surface area contributed by atoms with Crippen LogP contribution in [0.15, 0.2) is 35.2 Å². The average Bonchev–Trinajstić information content (AvgIpc) is 3.14. The molecule has 0 unspecified atom stereocenters. The largest absolute Gasteiger partial charge is 0.354 e. The molecule has 7 nitrogen and oxygen atoms in total. The van der Waals surface area contributed by atoms with Gasteiger partial charge in [0.2, 0.25) is 5.91 Å². The van der Waals surface area contributed by atoms with Gasteiger partial charge in [-0.25, -0.2) is 9.98 Å². The van der Waals surface area contributed by atoms with Gasteiger partial charge in [-0.05, 0) is 13.0 Å². The summed E-state index contributed by atoms with van der Waals surface area (Å²) in [7, 11) is 0. The van der Waals surface area contributed by atoms with E-state index >= 15 is 0 Å². The zero-order chi connectivity index (χ0) is 16.7. The van der Waals surface area contributed by atoms with Crippen LogP contribution in [0.3, 0.4) is 0 Å². The zero-order valence-corrected chi connectivity index (χ0v) is 13.6. The Bertz CT molecular complexity index is 684. The SMILES string of the molecule is C=C(N=C/C=C(\C)CN[C@@H]1CNC(=O)C1)Nc1ncc(C#N)s1. The molecule has 3 N–H and O–H groups in total. The zero-order valence-electron chi connectivity index (χ0n) is 12.8. The van der Waals surface area contributed by atoms with E-state index in [9.17, 15) is 4.79 Å². The molecule has 2 rings (SSSR count). The second-order valence-electron chi connectivity index (χ2n) is 5.09. The summed E-state index contributed by atoms with van der Waals surface area (Å²) in [6.07, 6.45) is 5.57. The standard InChI is InChI=1S/C15H18N6OS/c1-10(7-18-12-5-14(22)19-8-12)3-4-17-11(2)21-15-20-9-13(6-16)23-15/h3-4,9,12,18H,2,5,7-8H2,1H3,(H,19,22)(H,20,21)/b10-3+,17-4?/t12-/m0/s1. The third-order valence-electron chi connectivity index (χ3n) is 3.10. The van der Waals surface area contributed by atoms with E-state index in [1.165, 1.54) is 17.5 Å². The minimum Gasteiger partial charge on any atom is -0.354 e. The van der Waals surface area contributed by atoms with Crippen LogP contribution in [-0.4, -0.2) is 36.2 Å². The van der Waals surface area contributed by atoms with Gasteiger partial charge in [-0.2, -0.15) is 5.26 Å². The van der Waals surface area contributed by atoms with Crippen LogP contribution in [0.5, 0.6) is 0 Å². The maximum Gasteiger partial charge on any atom is 0.221 e. The molecule has 0 bridgehead atoms. The fourth-order valence-corrected chi connectivity index (χ4v) is 2.54. The van der Waals surface area contributed by atoms with Gasteiger partial charge in [0.15, 0.2) is 5.13 Å². The first-order valence-electron chi connectivity index (χ1n) is 7.08. The van der Waals surface area contributed by atoms with E-state index in [1.807, 2.05) is 19.1 Å². The molecule has 1 aliphatic heterocycles. The van der Waals surface area contributed by atoms with Crippen molar-refractivity contribution < 1.29 is 4.79 Å². The van der Waals surface area contributed by atoms with Crippen molar-refractivity contribution in [2.24, 2.45) is 4.99 Å². The second kappa shape index (κ2) is 8.22. The highest BCUT2D eigenvalue weighted by Crippen LogP contribution is 2.18. The molecule has 1 amide bonds. The lowest BCUT2D eigenvalue weighted by Crippen LogP contribution is -2.32. The number of aliphatic imine (C=N–C) groups is 1. The third kappa shape index (κ3) is 5.65. The molecule has 2 heterocycles. The first-order chi connectivity index (χ1) is 11.1. The molecule has 120 valence electrons. The van der Waals surface area contributed by atoms with Crippen molar-refractivity contribution in [3.63, 3.8) is 0 Å². The highest BCUT2D eigenvalue weighted by atomic mass is 32.1. The molecule has 1 saturated heterocycles. The number of hydrogen-bond acceptors (Lipinski definition) is 7. The van der Waals surface area contributed by atoms with Crippen LogP contribution in [0.25, 0.3) is 0 Å². The maximum absolute atomic E-state index is 11.1. The number of nitriles is 1. The summed E-state index contributed by atoms with van der Waals surface area (Å²) in [5, 5.41) is 18.3. The molecule has 0 aliphatic carbocycles. The van der Waals surface area contributed by atoms with Crippen molar-refractivity contribution >= 4 is 28.6 Å². The Balaban J connectivity index is 1.74. The lowest BCUT2D eigenvalue weighted by molar-refractivity contribution is -0.119. The predicted molar refractivity (Wildman–Crippen MR) is 91.3 cm³/mol. The van der Waals surface area contributed by atoms with E-state index in [0.29, 0.717) is 35.3 Å². The Kier molecular flexibility index (Phi) is 6.02. The number of anilines is 1. The maximum atomic E-state index is 11.1. The molecule has 1 atom stereocenters. The third-order valence-corrected chi connectivity index (χ3v) is 3.92. The number of nitrogens with zero attached hydrogens (tertiary/aromatic N) is 3. The molecule has 0 aromatic carbocycles. The lowest BCUT2D eigenvalue weighted by Gasteiger charge is -2.09. The number of amides is 1. The molecule has 1 aromatic heterocycles. The molecule has 8 heteroatoms. The first kappa shape index (κ1) is 16.9. The summed E-state index contributed by atoms with van der Waals surface area (Å²) < 4.78 is 0. The number of hydrogen-bond donors (Lipinski definition) is 3. The van der Waals surface area contributed by atoms with Crippen LogP contribution in [0.4, 0.5) is 5.13 Å². The van der Waals surface area contributed by atoms with Crippen LogP contribution >= 0.6 is 11.3 Å². The number of allylic oxidation sites excluding steroid dienone is 1. The number of rotatable bonds is 7. The molecule has 0 saturated carbocycles. The Morgan fingerprint density at radius 3 is 3.22 bits per heavy atom. The van der Waals surface area contributed by atoms with Crippen LogP contribution < -0.4 is 16.0 Å². The number of carbonyl (C=O) groups is 1. The second-order valence-corrected chi connectivity index (χ2v) is 6.12. The normalized spacial score (nSPS) is 18.0. The van der Waals surface area contributed by atoms with E-state index < -0.39 is 0 Å². The quantitative estimate of drug-likeness (QED) is 0.656. The van der Waals surface area contributed by atoms with Crippen molar-refractivity contribution in [3.05, 3.63) is 35.1 Å². The van der Waals surface area contributed by atoms with Crippen LogP contribution in [-0.2, 0) is 4.79 Å². The van der Waals surface area contributed by atoms with E-state index in [0.717, 1.165) is 5.57 Å². The topological polar surface area (TPSA) is 102 Å². The highest BCUT2D eigenvalue weighted by molar-refractivity contribution is 7.16. The molecule has 1 fully saturated rings. The number of carbonyl (C=O) groups excluding carboxylic acids is 1.